The minimum Gasteiger partial charge on any atom is -0.356 e. The maximum atomic E-state index is 12.5. The second kappa shape index (κ2) is 10.5. The van der Waals surface area contributed by atoms with Gasteiger partial charge in [-0.25, -0.2) is 0 Å². The highest BCUT2D eigenvalue weighted by Gasteiger charge is 2.15. The topological polar surface area (TPSA) is 66.9 Å². The van der Waals surface area contributed by atoms with Gasteiger partial charge in [0.2, 0.25) is 0 Å². The molecule has 0 spiro atoms. The minimum absolute atomic E-state index is 0.00820. The van der Waals surface area contributed by atoms with Crippen molar-refractivity contribution in [2.45, 2.75) is 32.1 Å². The Morgan fingerprint density at radius 3 is 2.61 bits per heavy atom. The van der Waals surface area contributed by atoms with Gasteiger partial charge in [0, 0.05) is 35.9 Å². The van der Waals surface area contributed by atoms with Gasteiger partial charge in [-0.05, 0) is 54.3 Å². The Hall–Kier alpha value is -3.47. The lowest BCUT2D eigenvalue weighted by molar-refractivity contribution is 0.0951. The number of carbonyl (C=O) groups excluding carboxylic acids is 1. The van der Waals surface area contributed by atoms with Crippen molar-refractivity contribution in [3.63, 3.8) is 0 Å². The van der Waals surface area contributed by atoms with Gasteiger partial charge in [0.05, 0.1) is 11.9 Å². The molecule has 1 aliphatic carbocycles. The number of aromatic nitrogens is 2. The van der Waals surface area contributed by atoms with Crippen LogP contribution in [-0.4, -0.2) is 22.4 Å². The van der Waals surface area contributed by atoms with Crippen molar-refractivity contribution in [3.05, 3.63) is 83.9 Å². The third-order valence-corrected chi connectivity index (χ3v) is 5.67. The highest BCUT2D eigenvalue weighted by molar-refractivity contribution is 5.95. The molecule has 2 N–H and O–H groups in total. The smallest absolute Gasteiger partial charge is 0.251 e. The van der Waals surface area contributed by atoms with E-state index >= 15 is 0 Å². The summed E-state index contributed by atoms with van der Waals surface area (Å²) in [6, 6.07) is 15.7. The van der Waals surface area contributed by atoms with Crippen LogP contribution in [0, 0.1) is 5.92 Å². The Bertz CT molecular complexity index is 1010. The quantitative estimate of drug-likeness (QED) is 0.498. The molecule has 0 radical (unpaired) electrons. The van der Waals surface area contributed by atoms with Crippen LogP contribution in [0.3, 0.4) is 0 Å². The Morgan fingerprint density at radius 2 is 1.84 bits per heavy atom. The van der Waals surface area contributed by atoms with Crippen LogP contribution in [0.4, 0.5) is 11.4 Å². The number of amides is 1. The minimum atomic E-state index is -0.00820. The summed E-state index contributed by atoms with van der Waals surface area (Å²) in [5.41, 5.74) is 4.44. The summed E-state index contributed by atoms with van der Waals surface area (Å²) in [7, 11) is 0. The number of nitrogens with one attached hydrogen (secondary N) is 2. The molecule has 0 saturated heterocycles. The summed E-state index contributed by atoms with van der Waals surface area (Å²) in [6.45, 7) is 0.755. The molecule has 0 atom stereocenters. The SMILES string of the molecule is O=C(NCCC1CCCC1)c1cccc(Nc2ccc(/C=C/c3cnccn3)cc2)c1. The molecule has 4 rings (SSSR count). The first-order chi connectivity index (χ1) is 15.3. The van der Waals surface area contributed by atoms with E-state index in [1.807, 2.05) is 60.7 Å². The summed E-state index contributed by atoms with van der Waals surface area (Å²) in [5, 5.41) is 6.44. The van der Waals surface area contributed by atoms with E-state index < -0.39 is 0 Å². The van der Waals surface area contributed by atoms with Crippen LogP contribution in [0.15, 0.2) is 67.1 Å². The molecule has 31 heavy (non-hydrogen) atoms. The Morgan fingerprint density at radius 1 is 1.00 bits per heavy atom. The number of rotatable bonds is 8. The van der Waals surface area contributed by atoms with Crippen LogP contribution in [0.5, 0.6) is 0 Å². The zero-order chi connectivity index (χ0) is 21.3. The van der Waals surface area contributed by atoms with Crippen LogP contribution in [0.1, 0.15) is 53.7 Å². The number of hydrogen-bond donors (Lipinski definition) is 2. The lowest BCUT2D eigenvalue weighted by Crippen LogP contribution is -2.25. The molecule has 0 unspecified atom stereocenters. The fourth-order valence-electron chi connectivity index (χ4n) is 3.95. The molecule has 1 saturated carbocycles. The number of anilines is 2. The lowest BCUT2D eigenvalue weighted by atomic mass is 10.0. The average Bonchev–Trinajstić information content (AvgIpc) is 3.33. The standard InChI is InChI=1S/C26H28N4O/c31-26(29-15-14-20-4-1-2-5-20)22-6-3-7-24(18-22)30-23-11-8-21(9-12-23)10-13-25-19-27-16-17-28-25/h3,6-13,16-20,30H,1-2,4-5,14-15H2,(H,29,31)/b13-10+. The monoisotopic (exact) mass is 412 g/mol. The second-order valence-electron chi connectivity index (χ2n) is 7.99. The summed E-state index contributed by atoms with van der Waals surface area (Å²) in [5.74, 6) is 0.776. The van der Waals surface area contributed by atoms with Gasteiger partial charge in [-0.3, -0.25) is 14.8 Å². The third-order valence-electron chi connectivity index (χ3n) is 5.67. The highest BCUT2D eigenvalue weighted by Crippen LogP contribution is 2.27. The molecular weight excluding hydrogens is 384 g/mol. The van der Waals surface area contributed by atoms with Crippen LogP contribution in [0.2, 0.25) is 0 Å². The van der Waals surface area contributed by atoms with E-state index in [1.54, 1.807) is 18.6 Å². The number of benzene rings is 2. The predicted molar refractivity (Wildman–Crippen MR) is 126 cm³/mol. The van der Waals surface area contributed by atoms with E-state index in [2.05, 4.69) is 20.6 Å². The summed E-state index contributed by atoms with van der Waals surface area (Å²) < 4.78 is 0. The average molecular weight is 413 g/mol. The molecule has 1 amide bonds. The van der Waals surface area contributed by atoms with Gasteiger partial charge >= 0.3 is 0 Å². The third kappa shape index (κ3) is 6.25. The lowest BCUT2D eigenvalue weighted by Gasteiger charge is -2.11. The summed E-state index contributed by atoms with van der Waals surface area (Å²) in [6.07, 6.45) is 15.4. The number of carbonyl (C=O) groups is 1. The fourth-order valence-corrected chi connectivity index (χ4v) is 3.95. The number of nitrogens with zero attached hydrogens (tertiary/aromatic N) is 2. The van der Waals surface area contributed by atoms with Gasteiger partial charge in [0.15, 0.2) is 0 Å². The van der Waals surface area contributed by atoms with Crippen LogP contribution < -0.4 is 10.6 Å². The Balaban J connectivity index is 1.31. The molecule has 1 aromatic heterocycles. The van der Waals surface area contributed by atoms with Crippen molar-refractivity contribution in [3.8, 4) is 0 Å². The molecule has 158 valence electrons. The van der Waals surface area contributed by atoms with E-state index in [1.165, 1.54) is 25.7 Å². The zero-order valence-corrected chi connectivity index (χ0v) is 17.6. The fraction of sp³-hybridized carbons (Fsp3) is 0.269. The van der Waals surface area contributed by atoms with Gasteiger partial charge in [-0.2, -0.15) is 0 Å². The molecule has 1 heterocycles. The van der Waals surface area contributed by atoms with Gasteiger partial charge in [-0.1, -0.05) is 50.0 Å². The van der Waals surface area contributed by atoms with Crippen molar-refractivity contribution in [2.24, 2.45) is 5.92 Å². The van der Waals surface area contributed by atoms with Crippen molar-refractivity contribution < 1.29 is 4.79 Å². The summed E-state index contributed by atoms with van der Waals surface area (Å²) in [4.78, 5) is 20.8. The van der Waals surface area contributed by atoms with Crippen LogP contribution >= 0.6 is 0 Å². The highest BCUT2D eigenvalue weighted by atomic mass is 16.1. The van der Waals surface area contributed by atoms with Crippen molar-refractivity contribution in [1.29, 1.82) is 0 Å². The Labute approximate surface area is 183 Å². The van der Waals surface area contributed by atoms with E-state index in [9.17, 15) is 4.79 Å². The maximum absolute atomic E-state index is 12.5. The molecular formula is C26H28N4O. The van der Waals surface area contributed by atoms with Crippen molar-refractivity contribution >= 4 is 29.4 Å². The molecule has 2 aromatic carbocycles. The van der Waals surface area contributed by atoms with E-state index in [4.69, 9.17) is 0 Å². The van der Waals surface area contributed by atoms with Crippen molar-refractivity contribution in [2.75, 3.05) is 11.9 Å². The van der Waals surface area contributed by atoms with Gasteiger partial charge < -0.3 is 10.6 Å². The van der Waals surface area contributed by atoms with Gasteiger partial charge in [-0.15, -0.1) is 0 Å². The first kappa shape index (κ1) is 20.8. The van der Waals surface area contributed by atoms with Gasteiger partial charge in [0.1, 0.15) is 0 Å². The largest absolute Gasteiger partial charge is 0.356 e. The maximum Gasteiger partial charge on any atom is 0.251 e. The molecule has 0 aliphatic heterocycles. The second-order valence-corrected chi connectivity index (χ2v) is 7.99. The van der Waals surface area contributed by atoms with Crippen LogP contribution in [-0.2, 0) is 0 Å². The molecule has 1 aliphatic rings. The van der Waals surface area contributed by atoms with Gasteiger partial charge in [0.25, 0.3) is 5.91 Å². The molecule has 5 nitrogen and oxygen atoms in total. The van der Waals surface area contributed by atoms with Crippen molar-refractivity contribution in [1.82, 2.24) is 15.3 Å². The van der Waals surface area contributed by atoms with E-state index in [-0.39, 0.29) is 5.91 Å². The first-order valence-electron chi connectivity index (χ1n) is 11.0. The number of hydrogen-bond acceptors (Lipinski definition) is 4. The molecule has 0 bridgehead atoms. The predicted octanol–water partition coefficient (Wildman–Crippen LogP) is 5.70. The van der Waals surface area contributed by atoms with E-state index in [0.717, 1.165) is 41.5 Å². The molecule has 5 heteroatoms. The first-order valence-corrected chi connectivity index (χ1v) is 11.0. The summed E-state index contributed by atoms with van der Waals surface area (Å²) >= 11 is 0. The molecule has 3 aromatic rings. The normalized spacial score (nSPS) is 14.1. The Kier molecular flexibility index (Phi) is 7.06. The zero-order valence-electron chi connectivity index (χ0n) is 17.6. The van der Waals surface area contributed by atoms with Crippen LogP contribution in [0.25, 0.3) is 12.2 Å². The van der Waals surface area contributed by atoms with E-state index in [0.29, 0.717) is 5.56 Å². The molecule has 1 fully saturated rings.